The van der Waals surface area contributed by atoms with E-state index in [1.165, 1.54) is 23.6 Å². The summed E-state index contributed by atoms with van der Waals surface area (Å²) in [5.74, 6) is 0. The fourth-order valence-electron chi connectivity index (χ4n) is 1.43. The van der Waals surface area contributed by atoms with Gasteiger partial charge in [0.1, 0.15) is 0 Å². The third-order valence-electron chi connectivity index (χ3n) is 2.22. The SMILES string of the molecule is NCc1c(Cl)cccc1S(=O)(=O)Nc1nccs1. The van der Waals surface area contributed by atoms with E-state index in [4.69, 9.17) is 17.3 Å². The van der Waals surface area contributed by atoms with Crippen molar-refractivity contribution in [2.75, 3.05) is 4.72 Å². The van der Waals surface area contributed by atoms with E-state index in [2.05, 4.69) is 9.71 Å². The van der Waals surface area contributed by atoms with E-state index >= 15 is 0 Å². The largest absolute Gasteiger partial charge is 0.326 e. The Morgan fingerprint density at radius 1 is 1.44 bits per heavy atom. The third kappa shape index (κ3) is 2.64. The average molecular weight is 304 g/mol. The highest BCUT2D eigenvalue weighted by molar-refractivity contribution is 7.93. The van der Waals surface area contributed by atoms with Crippen LogP contribution in [0.1, 0.15) is 5.56 Å². The first-order valence-corrected chi connectivity index (χ1v) is 7.68. The minimum Gasteiger partial charge on any atom is -0.326 e. The van der Waals surface area contributed by atoms with E-state index in [0.717, 1.165) is 0 Å². The van der Waals surface area contributed by atoms with E-state index in [1.54, 1.807) is 17.5 Å². The standard InChI is InChI=1S/C10H10ClN3O2S2/c11-8-2-1-3-9(7(8)6-12)18(15,16)14-10-13-4-5-17-10/h1-5H,6,12H2,(H,13,14). The van der Waals surface area contributed by atoms with E-state index in [-0.39, 0.29) is 11.4 Å². The zero-order valence-corrected chi connectivity index (χ0v) is 11.5. The third-order valence-corrected chi connectivity index (χ3v) is 4.82. The maximum atomic E-state index is 12.2. The van der Waals surface area contributed by atoms with E-state index in [0.29, 0.717) is 15.7 Å². The van der Waals surface area contributed by atoms with Crippen LogP contribution in [0.4, 0.5) is 5.13 Å². The molecule has 1 heterocycles. The Morgan fingerprint density at radius 3 is 2.83 bits per heavy atom. The topological polar surface area (TPSA) is 85.1 Å². The second kappa shape index (κ2) is 5.23. The molecular weight excluding hydrogens is 294 g/mol. The number of sulfonamides is 1. The van der Waals surface area contributed by atoms with Gasteiger partial charge in [-0.15, -0.1) is 11.3 Å². The Balaban J connectivity index is 2.44. The number of hydrogen-bond donors (Lipinski definition) is 2. The van der Waals surface area contributed by atoms with Crippen molar-refractivity contribution in [1.29, 1.82) is 0 Å². The molecule has 1 aromatic carbocycles. The normalized spacial score (nSPS) is 11.4. The van der Waals surface area contributed by atoms with E-state index < -0.39 is 10.0 Å². The summed E-state index contributed by atoms with van der Waals surface area (Å²) in [7, 11) is -3.72. The first-order chi connectivity index (χ1) is 8.54. The molecule has 8 heteroatoms. The van der Waals surface area contributed by atoms with Crippen LogP contribution in [0.3, 0.4) is 0 Å². The quantitative estimate of drug-likeness (QED) is 0.905. The summed E-state index contributed by atoms with van der Waals surface area (Å²) >= 11 is 7.13. The molecule has 3 N–H and O–H groups in total. The first kappa shape index (κ1) is 13.3. The summed E-state index contributed by atoms with van der Waals surface area (Å²) in [4.78, 5) is 3.95. The van der Waals surface area contributed by atoms with Gasteiger partial charge in [-0.1, -0.05) is 17.7 Å². The molecule has 2 rings (SSSR count). The molecule has 0 aliphatic rings. The molecule has 1 aromatic heterocycles. The Bertz CT molecular complexity index is 641. The van der Waals surface area contributed by atoms with Gasteiger partial charge in [-0.3, -0.25) is 4.72 Å². The van der Waals surface area contributed by atoms with Gasteiger partial charge >= 0.3 is 0 Å². The molecule has 0 bridgehead atoms. The van der Waals surface area contributed by atoms with Gasteiger partial charge in [0.15, 0.2) is 5.13 Å². The number of nitrogens with one attached hydrogen (secondary N) is 1. The zero-order valence-electron chi connectivity index (χ0n) is 9.13. The lowest BCUT2D eigenvalue weighted by Gasteiger charge is -2.10. The minimum atomic E-state index is -3.72. The Hall–Kier alpha value is -1.15. The van der Waals surface area contributed by atoms with Crippen molar-refractivity contribution in [1.82, 2.24) is 4.98 Å². The van der Waals surface area contributed by atoms with Crippen LogP contribution >= 0.6 is 22.9 Å². The molecule has 5 nitrogen and oxygen atoms in total. The van der Waals surface area contributed by atoms with Gasteiger partial charge in [-0.25, -0.2) is 13.4 Å². The fraction of sp³-hybridized carbons (Fsp3) is 0.100. The van der Waals surface area contributed by atoms with Crippen molar-refractivity contribution in [2.45, 2.75) is 11.4 Å². The van der Waals surface area contributed by atoms with E-state index in [9.17, 15) is 8.42 Å². The summed E-state index contributed by atoms with van der Waals surface area (Å²) in [6, 6.07) is 4.63. The Labute approximate surface area is 114 Å². The minimum absolute atomic E-state index is 0.0494. The van der Waals surface area contributed by atoms with Crippen LogP contribution in [0.15, 0.2) is 34.7 Å². The van der Waals surface area contributed by atoms with Crippen LogP contribution in [0.5, 0.6) is 0 Å². The monoisotopic (exact) mass is 303 g/mol. The molecule has 0 atom stereocenters. The van der Waals surface area contributed by atoms with Crippen LogP contribution in [0.25, 0.3) is 0 Å². The predicted molar refractivity (Wildman–Crippen MR) is 72.3 cm³/mol. The van der Waals surface area contributed by atoms with Crippen molar-refractivity contribution < 1.29 is 8.42 Å². The number of nitrogens with zero attached hydrogens (tertiary/aromatic N) is 1. The molecule has 0 unspecified atom stereocenters. The number of thiazole rings is 1. The highest BCUT2D eigenvalue weighted by Gasteiger charge is 2.20. The summed E-state index contributed by atoms with van der Waals surface area (Å²) in [6.07, 6.45) is 1.52. The van der Waals surface area contributed by atoms with Crippen molar-refractivity contribution in [3.05, 3.63) is 40.4 Å². The lowest BCUT2D eigenvalue weighted by Crippen LogP contribution is -2.16. The summed E-state index contributed by atoms with van der Waals surface area (Å²) in [6.45, 7) is 0.0494. The summed E-state index contributed by atoms with van der Waals surface area (Å²) < 4.78 is 26.7. The number of hydrogen-bond acceptors (Lipinski definition) is 5. The van der Waals surface area contributed by atoms with Crippen molar-refractivity contribution >= 4 is 38.1 Å². The first-order valence-electron chi connectivity index (χ1n) is 4.94. The van der Waals surface area contributed by atoms with Crippen molar-refractivity contribution in [3.8, 4) is 0 Å². The van der Waals surface area contributed by atoms with Gasteiger partial charge in [-0.2, -0.15) is 0 Å². The van der Waals surface area contributed by atoms with Crippen LogP contribution in [0, 0.1) is 0 Å². The number of anilines is 1. The molecule has 0 spiro atoms. The van der Waals surface area contributed by atoms with Crippen LogP contribution in [0.2, 0.25) is 5.02 Å². The fourth-order valence-corrected chi connectivity index (χ4v) is 3.80. The predicted octanol–water partition coefficient (Wildman–Crippen LogP) is 2.06. The molecule has 2 aromatic rings. The number of aromatic nitrogens is 1. The maximum Gasteiger partial charge on any atom is 0.264 e. The lowest BCUT2D eigenvalue weighted by molar-refractivity contribution is 0.600. The molecule has 0 aliphatic carbocycles. The molecule has 18 heavy (non-hydrogen) atoms. The molecular formula is C10H10ClN3O2S2. The number of halogens is 1. The van der Waals surface area contributed by atoms with Gasteiger partial charge in [0, 0.05) is 28.7 Å². The smallest absolute Gasteiger partial charge is 0.264 e. The molecule has 0 amide bonds. The van der Waals surface area contributed by atoms with Gasteiger partial charge in [-0.05, 0) is 12.1 Å². The van der Waals surface area contributed by atoms with Gasteiger partial charge in [0.2, 0.25) is 0 Å². The van der Waals surface area contributed by atoms with Crippen LogP contribution < -0.4 is 10.5 Å². The van der Waals surface area contributed by atoms with Crippen LogP contribution in [-0.4, -0.2) is 13.4 Å². The number of nitrogens with two attached hydrogens (primary N) is 1. The van der Waals surface area contributed by atoms with Crippen molar-refractivity contribution in [3.63, 3.8) is 0 Å². The molecule has 0 aliphatic heterocycles. The Kier molecular flexibility index (Phi) is 3.86. The van der Waals surface area contributed by atoms with Gasteiger partial charge < -0.3 is 5.73 Å². The number of rotatable bonds is 4. The van der Waals surface area contributed by atoms with Gasteiger partial charge in [0.25, 0.3) is 10.0 Å². The summed E-state index contributed by atoms with van der Waals surface area (Å²) in [5.41, 5.74) is 5.92. The zero-order chi connectivity index (χ0) is 13.2. The summed E-state index contributed by atoms with van der Waals surface area (Å²) in [5, 5.41) is 2.32. The molecule has 0 radical (unpaired) electrons. The molecule has 0 saturated heterocycles. The average Bonchev–Trinajstić information content (AvgIpc) is 2.80. The highest BCUT2D eigenvalue weighted by Crippen LogP contribution is 2.25. The van der Waals surface area contributed by atoms with Gasteiger partial charge in [0.05, 0.1) is 4.90 Å². The maximum absolute atomic E-state index is 12.2. The van der Waals surface area contributed by atoms with Crippen LogP contribution in [-0.2, 0) is 16.6 Å². The highest BCUT2D eigenvalue weighted by atomic mass is 35.5. The second-order valence-corrected chi connectivity index (χ2v) is 6.32. The molecule has 96 valence electrons. The second-order valence-electron chi connectivity index (χ2n) is 3.36. The molecule has 0 saturated carbocycles. The van der Waals surface area contributed by atoms with Crippen molar-refractivity contribution in [2.24, 2.45) is 5.73 Å². The van der Waals surface area contributed by atoms with E-state index in [1.807, 2.05) is 0 Å². The molecule has 0 fully saturated rings. The Morgan fingerprint density at radius 2 is 2.22 bits per heavy atom. The number of benzene rings is 1. The lowest BCUT2D eigenvalue weighted by atomic mass is 10.2.